The molecule has 0 bridgehead atoms. The Morgan fingerprint density at radius 3 is 2.86 bits per heavy atom. The molecular weight excluding hydrogens is 288 g/mol. The fraction of sp³-hybridized carbons (Fsp3) is 0.562. The highest BCUT2D eigenvalue weighted by atomic mass is 35.5. The average molecular weight is 313 g/mol. The van der Waals surface area contributed by atoms with Crippen molar-refractivity contribution in [2.24, 2.45) is 5.92 Å². The van der Waals surface area contributed by atoms with Gasteiger partial charge in [-0.3, -0.25) is 4.79 Å². The van der Waals surface area contributed by atoms with E-state index in [1.54, 1.807) is 18.2 Å². The molecule has 1 amide bonds. The molecule has 3 N–H and O–H groups in total. The summed E-state index contributed by atoms with van der Waals surface area (Å²) in [7, 11) is 0. The van der Waals surface area contributed by atoms with Gasteiger partial charge in [-0.1, -0.05) is 44.7 Å². The second-order valence-electron chi connectivity index (χ2n) is 5.22. The fourth-order valence-electron chi connectivity index (χ4n) is 2.04. The molecule has 118 valence electrons. The van der Waals surface area contributed by atoms with E-state index in [0.717, 1.165) is 12.8 Å². The normalized spacial score (nSPS) is 12.1. The Morgan fingerprint density at radius 2 is 2.19 bits per heavy atom. The van der Waals surface area contributed by atoms with E-state index in [0.29, 0.717) is 28.9 Å². The first-order valence-electron chi connectivity index (χ1n) is 7.49. The van der Waals surface area contributed by atoms with Crippen LogP contribution in [0.5, 0.6) is 0 Å². The van der Waals surface area contributed by atoms with E-state index < -0.39 is 0 Å². The quantitative estimate of drug-likeness (QED) is 0.675. The number of ether oxygens (including phenoxy) is 1. The van der Waals surface area contributed by atoms with Gasteiger partial charge in [0.2, 0.25) is 5.91 Å². The molecule has 1 aromatic rings. The molecule has 1 aromatic carbocycles. The molecule has 1 atom stereocenters. The molecule has 0 fully saturated rings. The number of anilines is 2. The molecule has 1 unspecified atom stereocenters. The van der Waals surface area contributed by atoms with Crippen LogP contribution in [0.2, 0.25) is 5.02 Å². The molecule has 0 radical (unpaired) electrons. The van der Waals surface area contributed by atoms with Crippen LogP contribution in [0.25, 0.3) is 0 Å². The number of amides is 1. The first kappa shape index (κ1) is 17.8. The van der Waals surface area contributed by atoms with Crippen LogP contribution in [0.15, 0.2) is 18.2 Å². The van der Waals surface area contributed by atoms with Crippen LogP contribution < -0.4 is 11.1 Å². The van der Waals surface area contributed by atoms with E-state index in [9.17, 15) is 4.79 Å². The highest BCUT2D eigenvalue weighted by Crippen LogP contribution is 2.23. The molecule has 0 aromatic heterocycles. The van der Waals surface area contributed by atoms with Crippen molar-refractivity contribution in [2.45, 2.75) is 39.5 Å². The summed E-state index contributed by atoms with van der Waals surface area (Å²) in [5.74, 6) is 0.307. The molecule has 0 aliphatic heterocycles. The number of halogens is 1. The smallest absolute Gasteiger partial charge is 0.250 e. The number of nitrogens with two attached hydrogens (primary N) is 1. The monoisotopic (exact) mass is 312 g/mol. The van der Waals surface area contributed by atoms with Gasteiger partial charge >= 0.3 is 0 Å². The summed E-state index contributed by atoms with van der Waals surface area (Å²) in [4.78, 5) is 11.8. The second kappa shape index (κ2) is 9.64. The number of carbonyl (C=O) groups is 1. The highest BCUT2D eigenvalue weighted by molar-refractivity contribution is 6.33. The number of rotatable bonds is 9. The molecule has 5 heteroatoms. The van der Waals surface area contributed by atoms with Crippen LogP contribution in [-0.2, 0) is 9.53 Å². The lowest BCUT2D eigenvalue weighted by Gasteiger charge is -2.14. The van der Waals surface area contributed by atoms with Gasteiger partial charge in [-0.05, 0) is 30.5 Å². The molecule has 0 heterocycles. The maximum Gasteiger partial charge on any atom is 0.250 e. The fourth-order valence-corrected chi connectivity index (χ4v) is 2.21. The predicted molar refractivity (Wildman–Crippen MR) is 88.6 cm³/mol. The van der Waals surface area contributed by atoms with Crippen LogP contribution in [-0.4, -0.2) is 19.1 Å². The minimum absolute atomic E-state index is 0.0355. The first-order valence-corrected chi connectivity index (χ1v) is 7.87. The van der Waals surface area contributed by atoms with Gasteiger partial charge in [-0.15, -0.1) is 0 Å². The van der Waals surface area contributed by atoms with Crippen molar-refractivity contribution in [3.63, 3.8) is 0 Å². The molecule has 4 nitrogen and oxygen atoms in total. The molecule has 21 heavy (non-hydrogen) atoms. The average Bonchev–Trinajstić information content (AvgIpc) is 2.46. The van der Waals surface area contributed by atoms with E-state index in [4.69, 9.17) is 22.1 Å². The Hall–Kier alpha value is -1.26. The zero-order valence-corrected chi connectivity index (χ0v) is 13.6. The van der Waals surface area contributed by atoms with Crippen LogP contribution in [0.3, 0.4) is 0 Å². The summed E-state index contributed by atoms with van der Waals surface area (Å²) in [5, 5.41) is 3.17. The Morgan fingerprint density at radius 1 is 1.43 bits per heavy atom. The van der Waals surface area contributed by atoms with Gasteiger partial charge < -0.3 is 15.8 Å². The van der Waals surface area contributed by atoms with Gasteiger partial charge in [-0.25, -0.2) is 0 Å². The molecule has 0 aliphatic carbocycles. The Bertz CT molecular complexity index is 452. The molecule has 1 rings (SSSR count). The van der Waals surface area contributed by atoms with Crippen molar-refractivity contribution < 1.29 is 9.53 Å². The molecule has 0 saturated heterocycles. The van der Waals surface area contributed by atoms with Gasteiger partial charge in [0.1, 0.15) is 6.61 Å². The molecule has 0 aliphatic rings. The molecular formula is C16H25ClN2O2. The van der Waals surface area contributed by atoms with Gasteiger partial charge in [0.15, 0.2) is 0 Å². The lowest BCUT2D eigenvalue weighted by atomic mass is 10.0. The summed E-state index contributed by atoms with van der Waals surface area (Å²) >= 11 is 5.99. The zero-order chi connectivity index (χ0) is 15.7. The van der Waals surface area contributed by atoms with Crippen molar-refractivity contribution in [1.29, 1.82) is 0 Å². The van der Waals surface area contributed by atoms with E-state index in [2.05, 4.69) is 19.2 Å². The standard InChI is InChI=1S/C16H25ClN2O2/c1-3-5-6-12(4-2)10-21-11-16(20)19-15-9-13(18)7-8-14(15)17/h7-9,12H,3-6,10-11,18H2,1-2H3,(H,19,20). The minimum atomic E-state index is -0.215. The second-order valence-corrected chi connectivity index (χ2v) is 5.63. The summed E-state index contributed by atoms with van der Waals surface area (Å²) in [6.07, 6.45) is 4.61. The van der Waals surface area contributed by atoms with Crippen molar-refractivity contribution in [3.8, 4) is 0 Å². The largest absolute Gasteiger partial charge is 0.399 e. The third-order valence-corrected chi connectivity index (χ3v) is 3.72. The third-order valence-electron chi connectivity index (χ3n) is 3.39. The van der Waals surface area contributed by atoms with Gasteiger partial charge in [-0.2, -0.15) is 0 Å². The van der Waals surface area contributed by atoms with Crippen LogP contribution in [0.4, 0.5) is 11.4 Å². The number of unbranched alkanes of at least 4 members (excludes halogenated alkanes) is 1. The van der Waals surface area contributed by atoms with E-state index >= 15 is 0 Å². The Kier molecular flexibility index (Phi) is 8.16. The van der Waals surface area contributed by atoms with E-state index in [1.807, 2.05) is 0 Å². The lowest BCUT2D eigenvalue weighted by Crippen LogP contribution is -2.21. The highest BCUT2D eigenvalue weighted by Gasteiger charge is 2.09. The maximum absolute atomic E-state index is 11.8. The summed E-state index contributed by atoms with van der Waals surface area (Å²) in [5.41, 5.74) is 6.74. The predicted octanol–water partition coefficient (Wildman–Crippen LogP) is 4.09. The van der Waals surface area contributed by atoms with Crippen molar-refractivity contribution in [1.82, 2.24) is 0 Å². The lowest BCUT2D eigenvalue weighted by molar-refractivity contribution is -0.121. The molecule has 0 spiro atoms. The molecule has 0 saturated carbocycles. The number of hydrogen-bond donors (Lipinski definition) is 2. The van der Waals surface area contributed by atoms with Gasteiger partial charge in [0.25, 0.3) is 0 Å². The summed E-state index contributed by atoms with van der Waals surface area (Å²) < 4.78 is 5.50. The van der Waals surface area contributed by atoms with Crippen molar-refractivity contribution >= 4 is 28.9 Å². The van der Waals surface area contributed by atoms with Gasteiger partial charge in [0.05, 0.1) is 17.3 Å². The number of nitrogen functional groups attached to an aromatic ring is 1. The van der Waals surface area contributed by atoms with E-state index in [1.165, 1.54) is 12.8 Å². The van der Waals surface area contributed by atoms with Crippen LogP contribution in [0, 0.1) is 5.92 Å². The number of nitrogens with one attached hydrogen (secondary N) is 1. The van der Waals surface area contributed by atoms with Crippen molar-refractivity contribution in [3.05, 3.63) is 23.2 Å². The van der Waals surface area contributed by atoms with E-state index in [-0.39, 0.29) is 12.5 Å². The van der Waals surface area contributed by atoms with Crippen molar-refractivity contribution in [2.75, 3.05) is 24.3 Å². The summed E-state index contributed by atoms with van der Waals surface area (Å²) in [6.45, 7) is 4.98. The zero-order valence-electron chi connectivity index (χ0n) is 12.8. The minimum Gasteiger partial charge on any atom is -0.399 e. The summed E-state index contributed by atoms with van der Waals surface area (Å²) in [6, 6.07) is 4.98. The number of hydrogen-bond acceptors (Lipinski definition) is 3. The third kappa shape index (κ3) is 6.82. The Balaban J connectivity index is 2.35. The maximum atomic E-state index is 11.8. The van der Waals surface area contributed by atoms with Crippen LogP contribution in [0.1, 0.15) is 39.5 Å². The van der Waals surface area contributed by atoms with Crippen LogP contribution >= 0.6 is 11.6 Å². The number of carbonyl (C=O) groups excluding carboxylic acids is 1. The topological polar surface area (TPSA) is 64.3 Å². The first-order chi connectivity index (χ1) is 10.1. The SMILES string of the molecule is CCCCC(CC)COCC(=O)Nc1cc(N)ccc1Cl. The Labute approximate surface area is 132 Å². The number of benzene rings is 1. The van der Waals surface area contributed by atoms with Gasteiger partial charge in [0, 0.05) is 5.69 Å².